The minimum absolute atomic E-state index is 0.174. The highest BCUT2D eigenvalue weighted by atomic mass is 19.4. The van der Waals surface area contributed by atoms with Gasteiger partial charge in [0.2, 0.25) is 0 Å². The van der Waals surface area contributed by atoms with Crippen LogP contribution in [0.4, 0.5) is 13.2 Å². The van der Waals surface area contributed by atoms with Crippen LogP contribution in [0.25, 0.3) is 0 Å². The predicted octanol–water partition coefficient (Wildman–Crippen LogP) is 3.66. The van der Waals surface area contributed by atoms with Crippen molar-refractivity contribution in [2.75, 3.05) is 19.7 Å². The molecular formula is C22H24F3N3O4. The molecule has 0 saturated carbocycles. The van der Waals surface area contributed by atoms with E-state index in [1.165, 1.54) is 0 Å². The van der Waals surface area contributed by atoms with Gasteiger partial charge in [0.05, 0.1) is 6.54 Å². The van der Waals surface area contributed by atoms with Gasteiger partial charge in [-0.15, -0.1) is 0 Å². The van der Waals surface area contributed by atoms with Gasteiger partial charge in [0.25, 0.3) is 5.91 Å². The summed E-state index contributed by atoms with van der Waals surface area (Å²) in [5, 5.41) is 0. The lowest BCUT2D eigenvalue weighted by Crippen LogP contribution is -2.46. The van der Waals surface area contributed by atoms with Gasteiger partial charge < -0.3 is 19.1 Å². The van der Waals surface area contributed by atoms with Crippen LogP contribution in [-0.2, 0) is 17.4 Å². The lowest BCUT2D eigenvalue weighted by molar-refractivity contribution is -0.141. The molecule has 1 amide bonds. The molecular weight excluding hydrogens is 427 g/mol. The first kappa shape index (κ1) is 22.2. The van der Waals surface area contributed by atoms with E-state index in [9.17, 15) is 18.0 Å². The van der Waals surface area contributed by atoms with Crippen LogP contribution < -0.4 is 14.2 Å². The number of halogens is 3. The maximum absolute atomic E-state index is 12.8. The fraction of sp³-hybridized carbons (Fsp3) is 0.500. The Balaban J connectivity index is 1.35. The Morgan fingerprint density at radius 2 is 2.12 bits per heavy atom. The maximum atomic E-state index is 12.8. The third-order valence-electron chi connectivity index (χ3n) is 5.33. The van der Waals surface area contributed by atoms with Crippen LogP contribution in [0.1, 0.15) is 37.9 Å². The summed E-state index contributed by atoms with van der Waals surface area (Å²) in [6.45, 7) is 4.54. The molecule has 2 aliphatic heterocycles. The predicted molar refractivity (Wildman–Crippen MR) is 108 cm³/mol. The van der Waals surface area contributed by atoms with Gasteiger partial charge in [-0.05, 0) is 38.8 Å². The van der Waals surface area contributed by atoms with E-state index in [2.05, 4.69) is 9.97 Å². The molecule has 0 radical (unpaired) electrons. The number of hydrogen-bond donors (Lipinski definition) is 0. The summed E-state index contributed by atoms with van der Waals surface area (Å²) in [7, 11) is 0. The summed E-state index contributed by atoms with van der Waals surface area (Å²) < 4.78 is 55.8. The molecule has 1 saturated heterocycles. The van der Waals surface area contributed by atoms with Gasteiger partial charge in [-0.1, -0.05) is 12.1 Å². The molecule has 7 nitrogen and oxygen atoms in total. The molecule has 32 heavy (non-hydrogen) atoms. The summed E-state index contributed by atoms with van der Waals surface area (Å²) in [6, 6.07) is 6.03. The molecule has 1 aromatic carbocycles. The average molecular weight is 451 g/mol. The molecule has 0 spiro atoms. The lowest BCUT2D eigenvalue weighted by atomic mass is 10.0. The number of nitrogens with zero attached hydrogens (tertiary/aromatic N) is 3. The number of amides is 1. The number of benzene rings is 1. The molecule has 1 aromatic heterocycles. The van der Waals surface area contributed by atoms with Crippen molar-refractivity contribution >= 4 is 5.91 Å². The van der Waals surface area contributed by atoms with Gasteiger partial charge in [0.15, 0.2) is 23.8 Å². The summed E-state index contributed by atoms with van der Waals surface area (Å²) >= 11 is 0. The SMILES string of the molecule is CC1(C)Cc2cccc(OCC(=O)N3CCCC(Oc4nccc(C(F)(F)F)n4)C3)c2O1. The number of fused-ring (bicyclic) bond motifs is 1. The second-order valence-corrected chi connectivity index (χ2v) is 8.52. The van der Waals surface area contributed by atoms with Crippen molar-refractivity contribution < 1.29 is 32.2 Å². The molecule has 0 aliphatic carbocycles. The van der Waals surface area contributed by atoms with Gasteiger partial charge in [-0.25, -0.2) is 4.98 Å². The van der Waals surface area contributed by atoms with Crippen LogP contribution in [0.15, 0.2) is 30.5 Å². The summed E-state index contributed by atoms with van der Waals surface area (Å²) in [6.07, 6.45) is -2.08. The number of rotatable bonds is 5. The van der Waals surface area contributed by atoms with Crippen LogP contribution in [0.3, 0.4) is 0 Å². The van der Waals surface area contributed by atoms with E-state index in [-0.39, 0.29) is 30.7 Å². The number of para-hydroxylation sites is 1. The van der Waals surface area contributed by atoms with E-state index < -0.39 is 18.0 Å². The standard InChI is InChI=1S/C22H24F3N3O4/c1-21(2)11-14-5-3-7-16(19(14)32-21)30-13-18(29)28-10-4-6-15(12-28)31-20-26-9-8-17(27-20)22(23,24)25/h3,5,7-9,15H,4,6,10-13H2,1-2H3. The first-order valence-corrected chi connectivity index (χ1v) is 10.4. The number of ether oxygens (including phenoxy) is 3. The number of aromatic nitrogens is 2. The molecule has 4 rings (SSSR count). The summed E-state index contributed by atoms with van der Waals surface area (Å²) in [5.41, 5.74) is -0.359. The highest BCUT2D eigenvalue weighted by molar-refractivity contribution is 5.78. The van der Waals surface area contributed by atoms with Gasteiger partial charge in [-0.2, -0.15) is 18.2 Å². The van der Waals surface area contributed by atoms with Crippen LogP contribution in [0.2, 0.25) is 0 Å². The van der Waals surface area contributed by atoms with Crippen molar-refractivity contribution in [2.45, 2.75) is 51.0 Å². The van der Waals surface area contributed by atoms with Crippen molar-refractivity contribution in [2.24, 2.45) is 0 Å². The minimum Gasteiger partial charge on any atom is -0.483 e. The van der Waals surface area contributed by atoms with Crippen molar-refractivity contribution in [1.29, 1.82) is 0 Å². The zero-order chi connectivity index (χ0) is 22.9. The Morgan fingerprint density at radius 3 is 2.91 bits per heavy atom. The van der Waals surface area contributed by atoms with Gasteiger partial charge in [-0.3, -0.25) is 4.79 Å². The molecule has 172 valence electrons. The largest absolute Gasteiger partial charge is 0.483 e. The zero-order valence-corrected chi connectivity index (χ0v) is 17.8. The van der Waals surface area contributed by atoms with Crippen LogP contribution >= 0.6 is 0 Å². The number of likely N-dealkylation sites (tertiary alicyclic amines) is 1. The second kappa shape index (κ2) is 8.48. The topological polar surface area (TPSA) is 73.8 Å². The zero-order valence-electron chi connectivity index (χ0n) is 17.8. The van der Waals surface area contributed by atoms with Crippen LogP contribution in [-0.4, -0.2) is 52.2 Å². The Morgan fingerprint density at radius 1 is 1.31 bits per heavy atom. The fourth-order valence-corrected chi connectivity index (χ4v) is 3.90. The molecule has 0 bridgehead atoms. The first-order valence-electron chi connectivity index (χ1n) is 10.4. The van der Waals surface area contributed by atoms with Crippen molar-refractivity contribution in [3.05, 3.63) is 41.7 Å². The highest BCUT2D eigenvalue weighted by Gasteiger charge is 2.34. The highest BCUT2D eigenvalue weighted by Crippen LogP contribution is 2.41. The van der Waals surface area contributed by atoms with Crippen molar-refractivity contribution in [1.82, 2.24) is 14.9 Å². The summed E-state index contributed by atoms with van der Waals surface area (Å²) in [4.78, 5) is 21.5. The number of carbonyl (C=O) groups is 1. The quantitative estimate of drug-likeness (QED) is 0.691. The van der Waals surface area contributed by atoms with E-state index in [0.29, 0.717) is 30.9 Å². The van der Waals surface area contributed by atoms with Crippen molar-refractivity contribution in [3.8, 4) is 17.5 Å². The first-order chi connectivity index (χ1) is 15.1. The summed E-state index contributed by atoms with van der Waals surface area (Å²) in [5.74, 6) is 0.938. The molecule has 10 heteroatoms. The van der Waals surface area contributed by atoms with Crippen LogP contribution in [0.5, 0.6) is 17.5 Å². The molecule has 2 aliphatic rings. The molecule has 0 N–H and O–H groups in total. The Hall–Kier alpha value is -3.04. The third kappa shape index (κ3) is 5.05. The number of piperidine rings is 1. The Kier molecular flexibility index (Phi) is 5.87. The van der Waals surface area contributed by atoms with Crippen LogP contribution in [0, 0.1) is 0 Å². The van der Waals surface area contributed by atoms with E-state index in [1.54, 1.807) is 11.0 Å². The molecule has 1 atom stereocenters. The van der Waals surface area contributed by atoms with E-state index in [1.807, 2.05) is 26.0 Å². The lowest BCUT2D eigenvalue weighted by Gasteiger charge is -2.32. The number of carbonyl (C=O) groups excluding carboxylic acids is 1. The normalized spacial score (nSPS) is 19.8. The molecule has 1 unspecified atom stereocenters. The van der Waals surface area contributed by atoms with E-state index in [4.69, 9.17) is 14.2 Å². The third-order valence-corrected chi connectivity index (χ3v) is 5.33. The minimum atomic E-state index is -4.58. The second-order valence-electron chi connectivity index (χ2n) is 8.52. The van der Waals surface area contributed by atoms with E-state index in [0.717, 1.165) is 24.2 Å². The fourth-order valence-electron chi connectivity index (χ4n) is 3.90. The number of hydrogen-bond acceptors (Lipinski definition) is 6. The van der Waals surface area contributed by atoms with Gasteiger partial charge in [0.1, 0.15) is 11.7 Å². The smallest absolute Gasteiger partial charge is 0.433 e. The molecule has 3 heterocycles. The van der Waals surface area contributed by atoms with Crippen molar-refractivity contribution in [3.63, 3.8) is 0 Å². The number of alkyl halides is 3. The average Bonchev–Trinajstić information content (AvgIpc) is 3.06. The molecule has 1 fully saturated rings. The van der Waals surface area contributed by atoms with Gasteiger partial charge in [0, 0.05) is 24.7 Å². The van der Waals surface area contributed by atoms with Gasteiger partial charge >= 0.3 is 12.2 Å². The Bertz CT molecular complexity index is 997. The monoisotopic (exact) mass is 451 g/mol. The Labute approximate surface area is 183 Å². The molecule has 2 aromatic rings. The maximum Gasteiger partial charge on any atom is 0.433 e. The van der Waals surface area contributed by atoms with E-state index >= 15 is 0 Å².